The Balaban J connectivity index is 1.86. The van der Waals surface area contributed by atoms with E-state index in [-0.39, 0.29) is 12.6 Å². The van der Waals surface area contributed by atoms with Gasteiger partial charge in [0, 0.05) is 19.1 Å². The molecule has 5 heteroatoms. The van der Waals surface area contributed by atoms with Gasteiger partial charge in [0.05, 0.1) is 5.56 Å². The van der Waals surface area contributed by atoms with Gasteiger partial charge in [0.25, 0.3) is 0 Å². The quantitative estimate of drug-likeness (QED) is 0.744. The minimum atomic E-state index is -4.28. The van der Waals surface area contributed by atoms with Crippen molar-refractivity contribution < 1.29 is 13.2 Å². The molecule has 1 atom stereocenters. The summed E-state index contributed by atoms with van der Waals surface area (Å²) >= 11 is 0. The van der Waals surface area contributed by atoms with E-state index < -0.39 is 11.7 Å². The lowest BCUT2D eigenvalue weighted by Gasteiger charge is -2.33. The average Bonchev–Trinajstić information content (AvgIpc) is 2.53. The monoisotopic (exact) mass is 328 g/mol. The maximum atomic E-state index is 13.0. The molecule has 1 heterocycles. The molecule has 2 rings (SSSR count). The third kappa shape index (κ3) is 5.81. The molecular weight excluding hydrogens is 301 g/mol. The van der Waals surface area contributed by atoms with E-state index in [1.807, 2.05) is 0 Å². The summed E-state index contributed by atoms with van der Waals surface area (Å²) in [5.74, 6) is 0. The lowest BCUT2D eigenvalue weighted by Crippen LogP contribution is -2.45. The van der Waals surface area contributed by atoms with E-state index in [2.05, 4.69) is 17.1 Å². The summed E-state index contributed by atoms with van der Waals surface area (Å²) < 4.78 is 39.0. The number of hydrogen-bond acceptors (Lipinski definition) is 2. The van der Waals surface area contributed by atoms with E-state index >= 15 is 0 Å². The number of halogens is 3. The maximum absolute atomic E-state index is 13.0. The van der Waals surface area contributed by atoms with Crippen LogP contribution in [0.25, 0.3) is 0 Å². The first kappa shape index (κ1) is 18.3. The van der Waals surface area contributed by atoms with Gasteiger partial charge in [-0.15, -0.1) is 0 Å². The number of nitrogens with one attached hydrogen (secondary N) is 1. The van der Waals surface area contributed by atoms with Gasteiger partial charge in [-0.05, 0) is 44.0 Å². The fraction of sp³-hybridized carbons (Fsp3) is 0.667. The minimum Gasteiger partial charge on any atom is -0.309 e. The second-order valence-electron chi connectivity index (χ2n) is 6.38. The predicted octanol–water partition coefficient (Wildman–Crippen LogP) is 4.45. The number of rotatable bonds is 7. The van der Waals surface area contributed by atoms with Crippen LogP contribution in [0, 0.1) is 0 Å². The van der Waals surface area contributed by atoms with E-state index in [9.17, 15) is 13.2 Å². The van der Waals surface area contributed by atoms with Gasteiger partial charge in [-0.3, -0.25) is 0 Å². The van der Waals surface area contributed by atoms with Crippen molar-refractivity contribution in [2.75, 3.05) is 19.6 Å². The number of nitrogens with zero attached hydrogens (tertiary/aromatic N) is 1. The van der Waals surface area contributed by atoms with Crippen LogP contribution in [0.5, 0.6) is 0 Å². The van der Waals surface area contributed by atoms with Gasteiger partial charge in [0.15, 0.2) is 0 Å². The average molecular weight is 328 g/mol. The molecule has 0 saturated carbocycles. The van der Waals surface area contributed by atoms with Gasteiger partial charge < -0.3 is 10.2 Å². The van der Waals surface area contributed by atoms with Gasteiger partial charge in [0.1, 0.15) is 0 Å². The van der Waals surface area contributed by atoms with Gasteiger partial charge in [-0.1, -0.05) is 38.0 Å². The molecule has 1 aliphatic heterocycles. The summed E-state index contributed by atoms with van der Waals surface area (Å²) in [5, 5.41) is 3.33. The molecule has 1 aliphatic rings. The number of hydrogen-bond donors (Lipinski definition) is 1. The van der Waals surface area contributed by atoms with Crippen molar-refractivity contribution in [1.82, 2.24) is 10.2 Å². The fourth-order valence-corrected chi connectivity index (χ4v) is 3.22. The van der Waals surface area contributed by atoms with Crippen LogP contribution in [-0.2, 0) is 12.7 Å². The number of benzene rings is 1. The molecule has 1 aromatic carbocycles. The molecule has 1 saturated heterocycles. The molecule has 0 spiro atoms. The van der Waals surface area contributed by atoms with Crippen LogP contribution >= 0.6 is 0 Å². The highest BCUT2D eigenvalue weighted by Gasteiger charge is 2.33. The highest BCUT2D eigenvalue weighted by atomic mass is 19.4. The zero-order chi connectivity index (χ0) is 16.7. The largest absolute Gasteiger partial charge is 0.416 e. The van der Waals surface area contributed by atoms with E-state index in [1.165, 1.54) is 25.3 Å². The molecule has 2 nitrogen and oxygen atoms in total. The summed E-state index contributed by atoms with van der Waals surface area (Å²) in [4.78, 5) is 2.44. The third-order valence-electron chi connectivity index (χ3n) is 4.49. The topological polar surface area (TPSA) is 15.3 Å². The number of likely N-dealkylation sites (tertiary alicyclic amines) is 1. The summed E-state index contributed by atoms with van der Waals surface area (Å²) in [7, 11) is 0. The van der Waals surface area contributed by atoms with Crippen molar-refractivity contribution in [3.63, 3.8) is 0 Å². The molecule has 0 aromatic heterocycles. The Morgan fingerprint density at radius 3 is 2.74 bits per heavy atom. The van der Waals surface area contributed by atoms with Crippen LogP contribution in [-0.4, -0.2) is 30.6 Å². The Bertz CT molecular complexity index is 474. The number of piperidine rings is 1. The van der Waals surface area contributed by atoms with E-state index in [4.69, 9.17) is 0 Å². The summed E-state index contributed by atoms with van der Waals surface area (Å²) in [6.45, 7) is 5.63. The highest BCUT2D eigenvalue weighted by molar-refractivity contribution is 5.29. The Morgan fingerprint density at radius 2 is 2.00 bits per heavy atom. The molecule has 130 valence electrons. The zero-order valence-electron chi connectivity index (χ0n) is 13.8. The van der Waals surface area contributed by atoms with Gasteiger partial charge in [0.2, 0.25) is 0 Å². The van der Waals surface area contributed by atoms with Crippen LogP contribution in [0.15, 0.2) is 24.3 Å². The number of alkyl halides is 3. The molecule has 1 aromatic rings. The third-order valence-corrected chi connectivity index (χ3v) is 4.49. The first-order valence-corrected chi connectivity index (χ1v) is 8.61. The molecule has 23 heavy (non-hydrogen) atoms. The molecule has 0 bridgehead atoms. The predicted molar refractivity (Wildman–Crippen MR) is 87.3 cm³/mol. The number of unbranched alkanes of at least 4 members (excludes halogenated alkanes) is 2. The first-order chi connectivity index (χ1) is 11.0. The molecule has 1 unspecified atom stereocenters. The lowest BCUT2D eigenvalue weighted by atomic mass is 10.0. The maximum Gasteiger partial charge on any atom is 0.416 e. The Kier molecular flexibility index (Phi) is 6.90. The zero-order valence-corrected chi connectivity index (χ0v) is 13.8. The van der Waals surface area contributed by atoms with Crippen LogP contribution in [0.2, 0.25) is 0 Å². The van der Waals surface area contributed by atoms with Crippen molar-refractivity contribution in [3.05, 3.63) is 35.4 Å². The molecule has 0 amide bonds. The van der Waals surface area contributed by atoms with Gasteiger partial charge in [-0.2, -0.15) is 13.2 Å². The second-order valence-corrected chi connectivity index (χ2v) is 6.38. The van der Waals surface area contributed by atoms with E-state index in [0.717, 1.165) is 38.5 Å². The van der Waals surface area contributed by atoms with Crippen LogP contribution in [0.1, 0.15) is 50.2 Å². The normalized spacial score (nSPS) is 19.9. The van der Waals surface area contributed by atoms with Gasteiger partial charge >= 0.3 is 6.18 Å². The Morgan fingerprint density at radius 1 is 1.22 bits per heavy atom. The van der Waals surface area contributed by atoms with Crippen LogP contribution in [0.4, 0.5) is 13.2 Å². The van der Waals surface area contributed by atoms with Crippen molar-refractivity contribution >= 4 is 0 Å². The van der Waals surface area contributed by atoms with E-state index in [0.29, 0.717) is 5.56 Å². The first-order valence-electron chi connectivity index (χ1n) is 8.61. The molecule has 1 N–H and O–H groups in total. The second kappa shape index (κ2) is 8.69. The summed E-state index contributed by atoms with van der Waals surface area (Å²) in [5.41, 5.74) is -0.189. The highest BCUT2D eigenvalue weighted by Crippen LogP contribution is 2.31. The van der Waals surface area contributed by atoms with Crippen molar-refractivity contribution in [1.29, 1.82) is 0 Å². The molecular formula is C18H27F3N2. The smallest absolute Gasteiger partial charge is 0.309 e. The lowest BCUT2D eigenvalue weighted by molar-refractivity contribution is -0.138. The van der Waals surface area contributed by atoms with Crippen LogP contribution < -0.4 is 5.32 Å². The fourth-order valence-electron chi connectivity index (χ4n) is 3.22. The van der Waals surface area contributed by atoms with Crippen molar-refractivity contribution in [2.45, 2.75) is 57.8 Å². The molecule has 1 fully saturated rings. The Hall–Kier alpha value is -1.07. The minimum absolute atomic E-state index is 0.281. The van der Waals surface area contributed by atoms with Gasteiger partial charge in [-0.25, -0.2) is 0 Å². The standard InChI is InChI=1S/C18H27F3N2/c1-2-3-6-11-23-12-7-9-16(14-23)22-13-15-8-4-5-10-17(15)18(19,20)21/h4-5,8,10,16,22H,2-3,6-7,9,11-14H2,1H3. The summed E-state index contributed by atoms with van der Waals surface area (Å²) in [6.07, 6.45) is 1.54. The molecule has 0 radical (unpaired) electrons. The van der Waals surface area contributed by atoms with E-state index in [1.54, 1.807) is 12.1 Å². The Labute approximate surface area is 137 Å². The van der Waals surface area contributed by atoms with Crippen LogP contribution in [0.3, 0.4) is 0 Å². The molecule has 0 aliphatic carbocycles. The summed E-state index contributed by atoms with van der Waals surface area (Å²) in [6, 6.07) is 6.13. The SMILES string of the molecule is CCCCCN1CCCC(NCc2ccccc2C(F)(F)F)C1. The van der Waals surface area contributed by atoms with Crippen molar-refractivity contribution in [3.8, 4) is 0 Å². The van der Waals surface area contributed by atoms with Crippen molar-refractivity contribution in [2.24, 2.45) is 0 Å².